The Morgan fingerprint density at radius 1 is 0.920 bits per heavy atom. The summed E-state index contributed by atoms with van der Waals surface area (Å²) in [5.41, 5.74) is 6.14. The highest BCUT2D eigenvalue weighted by atomic mass is 32.2. The summed E-state index contributed by atoms with van der Waals surface area (Å²) < 4.78 is 8.34. The summed E-state index contributed by atoms with van der Waals surface area (Å²) in [5, 5.41) is 0. The first-order valence-corrected chi connectivity index (χ1v) is 9.18. The van der Waals surface area contributed by atoms with E-state index >= 15 is 0 Å². The molecule has 2 aliphatic heterocycles. The zero-order valence-corrected chi connectivity index (χ0v) is 14.8. The number of benzene rings is 3. The number of anilines is 2. The summed E-state index contributed by atoms with van der Waals surface area (Å²) >= 11 is 1.79. The zero-order valence-electron chi connectivity index (χ0n) is 14.0. The van der Waals surface area contributed by atoms with Crippen molar-refractivity contribution in [1.29, 1.82) is 0 Å². The third-order valence-corrected chi connectivity index (χ3v) is 5.66. The van der Waals surface area contributed by atoms with E-state index in [1.807, 2.05) is 0 Å². The van der Waals surface area contributed by atoms with Crippen LogP contribution in [0.3, 0.4) is 0 Å². The number of para-hydroxylation sites is 1. The van der Waals surface area contributed by atoms with Crippen LogP contribution in [0.4, 0.5) is 11.4 Å². The van der Waals surface area contributed by atoms with Gasteiger partial charge in [0.2, 0.25) is 0 Å². The summed E-state index contributed by atoms with van der Waals surface area (Å²) in [5.74, 6) is 0.975. The Hall–Kier alpha value is -2.43. The number of ether oxygens (including phenoxy) is 1. The molecule has 0 aromatic heterocycles. The molecule has 0 aliphatic carbocycles. The number of rotatable bonds is 1. The van der Waals surface area contributed by atoms with Crippen molar-refractivity contribution in [3.63, 3.8) is 0 Å². The van der Waals surface area contributed by atoms with Crippen LogP contribution in [-0.2, 0) is 6.61 Å². The molecule has 0 N–H and O–H groups in total. The SMILES string of the molecule is CN1CN(c2ccccc2)c2cc3c(cc2S1)-c1ccccc1CO3. The molecular weight excluding hydrogens is 328 g/mol. The van der Waals surface area contributed by atoms with Gasteiger partial charge in [0.15, 0.2) is 0 Å². The highest BCUT2D eigenvalue weighted by molar-refractivity contribution is 7.97. The summed E-state index contributed by atoms with van der Waals surface area (Å²) in [6.45, 7) is 1.48. The van der Waals surface area contributed by atoms with E-state index in [-0.39, 0.29) is 0 Å². The van der Waals surface area contributed by atoms with E-state index in [2.05, 4.69) is 83.0 Å². The van der Waals surface area contributed by atoms with Crippen molar-refractivity contribution in [2.75, 3.05) is 18.6 Å². The second-order valence-electron chi connectivity index (χ2n) is 6.39. The van der Waals surface area contributed by atoms with Gasteiger partial charge in [-0.2, -0.15) is 0 Å². The first kappa shape index (κ1) is 14.9. The fraction of sp³-hybridized carbons (Fsp3) is 0.143. The minimum absolute atomic E-state index is 0.639. The molecule has 3 aromatic rings. The molecule has 2 heterocycles. The molecule has 3 nitrogen and oxygen atoms in total. The van der Waals surface area contributed by atoms with E-state index in [4.69, 9.17) is 4.74 Å². The number of nitrogens with zero attached hydrogens (tertiary/aromatic N) is 2. The summed E-state index contributed by atoms with van der Waals surface area (Å²) in [4.78, 5) is 3.60. The van der Waals surface area contributed by atoms with Crippen LogP contribution in [0.2, 0.25) is 0 Å². The minimum atomic E-state index is 0.639. The molecule has 5 rings (SSSR count). The number of fused-ring (bicyclic) bond motifs is 4. The molecule has 0 saturated carbocycles. The molecule has 0 spiro atoms. The van der Waals surface area contributed by atoms with Gasteiger partial charge in [-0.05, 0) is 48.3 Å². The maximum atomic E-state index is 6.08. The Kier molecular flexibility index (Phi) is 3.47. The van der Waals surface area contributed by atoms with Crippen LogP contribution in [0.1, 0.15) is 5.56 Å². The van der Waals surface area contributed by atoms with Crippen molar-refractivity contribution in [1.82, 2.24) is 4.31 Å². The quantitative estimate of drug-likeness (QED) is 0.556. The maximum absolute atomic E-state index is 6.08. The van der Waals surface area contributed by atoms with Crippen LogP contribution in [0, 0.1) is 0 Å². The average Bonchev–Trinajstić information content (AvgIpc) is 2.66. The molecule has 0 fully saturated rings. The van der Waals surface area contributed by atoms with Crippen molar-refractivity contribution < 1.29 is 4.74 Å². The molecule has 0 amide bonds. The Labute approximate surface area is 152 Å². The highest BCUT2D eigenvalue weighted by Crippen LogP contribution is 2.48. The fourth-order valence-corrected chi connectivity index (χ4v) is 4.47. The lowest BCUT2D eigenvalue weighted by Gasteiger charge is -2.37. The Morgan fingerprint density at radius 2 is 1.72 bits per heavy atom. The first-order chi connectivity index (χ1) is 12.3. The first-order valence-electron chi connectivity index (χ1n) is 8.40. The Bertz CT molecular complexity index is 942. The lowest BCUT2D eigenvalue weighted by atomic mass is 9.96. The van der Waals surface area contributed by atoms with Crippen molar-refractivity contribution in [2.24, 2.45) is 0 Å². The molecular formula is C21H18N2OS. The third-order valence-electron chi connectivity index (χ3n) is 4.71. The van der Waals surface area contributed by atoms with Crippen LogP contribution >= 0.6 is 11.9 Å². The van der Waals surface area contributed by atoms with Gasteiger partial charge >= 0.3 is 0 Å². The summed E-state index contributed by atoms with van der Waals surface area (Å²) in [7, 11) is 2.13. The maximum Gasteiger partial charge on any atom is 0.129 e. The van der Waals surface area contributed by atoms with Crippen LogP contribution in [-0.4, -0.2) is 18.0 Å². The highest BCUT2D eigenvalue weighted by Gasteiger charge is 2.27. The Morgan fingerprint density at radius 3 is 2.60 bits per heavy atom. The average molecular weight is 346 g/mol. The van der Waals surface area contributed by atoms with E-state index in [0.29, 0.717) is 6.61 Å². The third kappa shape index (κ3) is 2.49. The van der Waals surface area contributed by atoms with Crippen molar-refractivity contribution in [3.05, 3.63) is 72.3 Å². The van der Waals surface area contributed by atoms with E-state index in [9.17, 15) is 0 Å². The molecule has 0 radical (unpaired) electrons. The molecule has 2 aliphatic rings. The predicted molar refractivity (Wildman–Crippen MR) is 103 cm³/mol. The van der Waals surface area contributed by atoms with E-state index in [1.54, 1.807) is 11.9 Å². The molecule has 0 saturated heterocycles. The van der Waals surface area contributed by atoms with E-state index in [1.165, 1.54) is 33.0 Å². The molecule has 25 heavy (non-hydrogen) atoms. The minimum Gasteiger partial charge on any atom is -0.488 e. The molecule has 4 heteroatoms. The van der Waals surface area contributed by atoms with Crippen molar-refractivity contribution >= 4 is 23.3 Å². The van der Waals surface area contributed by atoms with Gasteiger partial charge in [0, 0.05) is 22.2 Å². The molecule has 3 aromatic carbocycles. The summed E-state index contributed by atoms with van der Waals surface area (Å²) in [6, 6.07) is 23.5. The van der Waals surface area contributed by atoms with Gasteiger partial charge in [-0.15, -0.1) is 0 Å². The van der Waals surface area contributed by atoms with E-state index in [0.717, 1.165) is 12.4 Å². The predicted octanol–water partition coefficient (Wildman–Crippen LogP) is 5.29. The van der Waals surface area contributed by atoms with Crippen LogP contribution in [0.5, 0.6) is 5.75 Å². The molecule has 0 atom stereocenters. The second-order valence-corrected chi connectivity index (χ2v) is 7.63. The zero-order chi connectivity index (χ0) is 16.8. The topological polar surface area (TPSA) is 15.7 Å². The monoisotopic (exact) mass is 346 g/mol. The Balaban J connectivity index is 1.67. The van der Waals surface area contributed by atoms with Gasteiger partial charge in [0.1, 0.15) is 12.4 Å². The van der Waals surface area contributed by atoms with Gasteiger partial charge in [-0.3, -0.25) is 0 Å². The number of hydrogen-bond acceptors (Lipinski definition) is 4. The van der Waals surface area contributed by atoms with E-state index < -0.39 is 0 Å². The number of hydrogen-bond donors (Lipinski definition) is 0. The van der Waals surface area contributed by atoms with Crippen molar-refractivity contribution in [2.45, 2.75) is 11.5 Å². The lowest BCUT2D eigenvalue weighted by Crippen LogP contribution is -2.32. The molecule has 124 valence electrons. The van der Waals surface area contributed by atoms with Crippen LogP contribution in [0.15, 0.2) is 71.6 Å². The smallest absolute Gasteiger partial charge is 0.129 e. The van der Waals surface area contributed by atoms with Gasteiger partial charge < -0.3 is 9.64 Å². The normalized spacial score (nSPS) is 15.8. The second kappa shape index (κ2) is 5.83. The molecule has 0 bridgehead atoms. The summed E-state index contributed by atoms with van der Waals surface area (Å²) in [6.07, 6.45) is 0. The van der Waals surface area contributed by atoms with Crippen LogP contribution in [0.25, 0.3) is 11.1 Å². The van der Waals surface area contributed by atoms with Crippen LogP contribution < -0.4 is 9.64 Å². The van der Waals surface area contributed by atoms with Gasteiger partial charge in [-0.25, -0.2) is 4.31 Å². The standard InChI is InChI=1S/C21H18N2OS/c1-22-14-23(16-8-3-2-4-9-16)19-12-20-18(11-21(19)25-22)17-10-6-5-7-15(17)13-24-20/h2-12H,13-14H2,1H3. The largest absolute Gasteiger partial charge is 0.488 e. The lowest BCUT2D eigenvalue weighted by molar-refractivity contribution is 0.302. The molecule has 0 unspecified atom stereocenters. The van der Waals surface area contributed by atoms with Crippen molar-refractivity contribution in [3.8, 4) is 16.9 Å². The van der Waals surface area contributed by atoms with Gasteiger partial charge in [-0.1, -0.05) is 42.5 Å². The fourth-order valence-electron chi connectivity index (χ4n) is 3.53. The van der Waals surface area contributed by atoms with Gasteiger partial charge in [0.25, 0.3) is 0 Å². The van der Waals surface area contributed by atoms with Gasteiger partial charge in [0.05, 0.1) is 12.4 Å².